The minimum atomic E-state index is -3.31. The van der Waals surface area contributed by atoms with Crippen molar-refractivity contribution in [3.05, 3.63) is 35.5 Å². The number of nitrogens with one attached hydrogen (secondary N) is 1. The number of amides is 1. The van der Waals surface area contributed by atoms with Gasteiger partial charge < -0.3 is 9.84 Å². The summed E-state index contributed by atoms with van der Waals surface area (Å²) >= 11 is 0. The molecule has 1 aliphatic heterocycles. The van der Waals surface area contributed by atoms with Crippen LogP contribution < -0.4 is 9.62 Å². The van der Waals surface area contributed by atoms with Crippen LogP contribution >= 0.6 is 0 Å². The molecule has 0 saturated heterocycles. The Morgan fingerprint density at radius 1 is 1.42 bits per heavy atom. The van der Waals surface area contributed by atoms with Crippen LogP contribution in [0.1, 0.15) is 23.7 Å². The summed E-state index contributed by atoms with van der Waals surface area (Å²) in [5, 5.41) is 6.44. The number of fused-ring (bicyclic) bond motifs is 1. The van der Waals surface area contributed by atoms with Crippen molar-refractivity contribution in [2.45, 2.75) is 26.2 Å². The molecule has 0 spiro atoms. The van der Waals surface area contributed by atoms with E-state index in [1.807, 2.05) is 6.07 Å². The lowest BCUT2D eigenvalue weighted by Crippen LogP contribution is -2.27. The van der Waals surface area contributed by atoms with Crippen molar-refractivity contribution in [3.8, 4) is 0 Å². The molecule has 2 heterocycles. The van der Waals surface area contributed by atoms with E-state index in [1.54, 1.807) is 19.1 Å². The number of aryl methyl sites for hydroxylation is 2. The highest BCUT2D eigenvalue weighted by atomic mass is 32.2. The Hall–Kier alpha value is -2.42. The number of benzene rings is 1. The third-order valence-corrected chi connectivity index (χ3v) is 4.94. The zero-order chi connectivity index (χ0) is 17.3. The number of aromatic nitrogens is 2. The van der Waals surface area contributed by atoms with Crippen molar-refractivity contribution in [3.63, 3.8) is 0 Å². The van der Waals surface area contributed by atoms with Gasteiger partial charge in [-0.2, -0.15) is 4.98 Å². The lowest BCUT2D eigenvalue weighted by Gasteiger charge is -2.17. The Morgan fingerprint density at radius 2 is 2.21 bits per heavy atom. The van der Waals surface area contributed by atoms with Crippen LogP contribution in [0, 0.1) is 6.92 Å². The van der Waals surface area contributed by atoms with E-state index in [9.17, 15) is 13.2 Å². The Labute approximate surface area is 139 Å². The van der Waals surface area contributed by atoms with Gasteiger partial charge in [0.15, 0.2) is 5.82 Å². The van der Waals surface area contributed by atoms with Crippen LogP contribution in [0.3, 0.4) is 0 Å². The fraction of sp³-hybridized carbons (Fsp3) is 0.400. The first kappa shape index (κ1) is 16.4. The van der Waals surface area contributed by atoms with Crippen molar-refractivity contribution in [2.75, 3.05) is 22.4 Å². The fourth-order valence-electron chi connectivity index (χ4n) is 2.66. The molecule has 0 radical (unpaired) electrons. The third kappa shape index (κ3) is 3.56. The lowest BCUT2D eigenvalue weighted by atomic mass is 10.1. The van der Waals surface area contributed by atoms with Gasteiger partial charge in [0.1, 0.15) is 0 Å². The molecule has 9 heteroatoms. The molecular weight excluding hydrogens is 332 g/mol. The Bertz CT molecular complexity index is 875. The molecule has 24 heavy (non-hydrogen) atoms. The molecule has 0 aliphatic carbocycles. The van der Waals surface area contributed by atoms with Gasteiger partial charge in [-0.1, -0.05) is 11.2 Å². The van der Waals surface area contributed by atoms with Crippen LogP contribution in [0.4, 0.5) is 11.4 Å². The number of sulfonamides is 1. The second-order valence-electron chi connectivity index (χ2n) is 5.71. The molecule has 128 valence electrons. The van der Waals surface area contributed by atoms with Crippen LogP contribution in [-0.4, -0.2) is 37.3 Å². The number of anilines is 2. The summed E-state index contributed by atoms with van der Waals surface area (Å²) in [5.41, 5.74) is 2.15. The predicted octanol–water partition coefficient (Wildman–Crippen LogP) is 1.27. The molecule has 1 aliphatic rings. The maximum atomic E-state index is 12.0. The van der Waals surface area contributed by atoms with Gasteiger partial charge in [-0.05, 0) is 31.0 Å². The summed E-state index contributed by atoms with van der Waals surface area (Å²) in [6.07, 6.45) is 2.41. The number of nitrogens with zero attached hydrogens (tertiary/aromatic N) is 3. The Kier molecular flexibility index (Phi) is 4.27. The van der Waals surface area contributed by atoms with Crippen molar-refractivity contribution in [1.82, 2.24) is 10.1 Å². The average Bonchev–Trinajstić information content (AvgIpc) is 3.10. The summed E-state index contributed by atoms with van der Waals surface area (Å²) in [6, 6.07) is 5.31. The standard InChI is InChI=1S/C15H18N4O4S/c1-10-16-15(23-18-10)6-5-14(20)17-12-4-3-11-7-8-19(13(11)9-12)24(2,21)22/h3-4,9H,5-8H2,1-2H3,(H,17,20). The SMILES string of the molecule is Cc1noc(CCC(=O)Nc2ccc3c(c2)N(S(C)(=O)=O)CC3)n1. The first-order valence-corrected chi connectivity index (χ1v) is 9.37. The monoisotopic (exact) mass is 350 g/mol. The highest BCUT2D eigenvalue weighted by Gasteiger charge is 2.26. The molecule has 0 saturated carbocycles. The largest absolute Gasteiger partial charge is 0.339 e. The van der Waals surface area contributed by atoms with E-state index >= 15 is 0 Å². The normalized spacial score (nSPS) is 13.8. The second kappa shape index (κ2) is 6.23. The summed E-state index contributed by atoms with van der Waals surface area (Å²) in [4.78, 5) is 16.1. The smallest absolute Gasteiger partial charge is 0.232 e. The molecule has 1 amide bonds. The van der Waals surface area contributed by atoms with Crippen LogP contribution in [0.25, 0.3) is 0 Å². The number of carbonyl (C=O) groups excluding carboxylic acids is 1. The molecule has 3 rings (SSSR count). The molecule has 0 atom stereocenters. The number of hydrogen-bond donors (Lipinski definition) is 1. The highest BCUT2D eigenvalue weighted by molar-refractivity contribution is 7.92. The molecular formula is C15H18N4O4S. The molecule has 1 N–H and O–H groups in total. The van der Waals surface area contributed by atoms with Crippen LogP contribution in [0.15, 0.2) is 22.7 Å². The molecule has 0 unspecified atom stereocenters. The lowest BCUT2D eigenvalue weighted by molar-refractivity contribution is -0.116. The van der Waals surface area contributed by atoms with E-state index in [0.717, 1.165) is 5.56 Å². The van der Waals surface area contributed by atoms with Crippen molar-refractivity contribution in [2.24, 2.45) is 0 Å². The Balaban J connectivity index is 1.67. The number of rotatable bonds is 5. The molecule has 8 nitrogen and oxygen atoms in total. The average molecular weight is 350 g/mol. The molecule has 2 aromatic rings. The van der Waals surface area contributed by atoms with Gasteiger partial charge in [-0.3, -0.25) is 9.10 Å². The summed E-state index contributed by atoms with van der Waals surface area (Å²) in [5.74, 6) is 0.749. The summed E-state index contributed by atoms with van der Waals surface area (Å²) in [7, 11) is -3.31. The van der Waals surface area contributed by atoms with Gasteiger partial charge in [-0.25, -0.2) is 8.42 Å². The Morgan fingerprint density at radius 3 is 2.88 bits per heavy atom. The van der Waals surface area contributed by atoms with Crippen molar-refractivity contribution < 1.29 is 17.7 Å². The van der Waals surface area contributed by atoms with E-state index in [4.69, 9.17) is 4.52 Å². The topological polar surface area (TPSA) is 105 Å². The minimum absolute atomic E-state index is 0.199. The number of carbonyl (C=O) groups is 1. The summed E-state index contributed by atoms with van der Waals surface area (Å²) in [6.45, 7) is 2.15. The van der Waals surface area contributed by atoms with Gasteiger partial charge >= 0.3 is 0 Å². The van der Waals surface area contributed by atoms with E-state index in [0.29, 0.717) is 42.5 Å². The van der Waals surface area contributed by atoms with Crippen LogP contribution in [0.5, 0.6) is 0 Å². The zero-order valence-electron chi connectivity index (χ0n) is 13.4. The predicted molar refractivity (Wildman–Crippen MR) is 88.3 cm³/mol. The highest BCUT2D eigenvalue weighted by Crippen LogP contribution is 2.32. The quantitative estimate of drug-likeness (QED) is 0.870. The summed E-state index contributed by atoms with van der Waals surface area (Å²) < 4.78 is 29.9. The van der Waals surface area contributed by atoms with E-state index in [1.165, 1.54) is 10.6 Å². The minimum Gasteiger partial charge on any atom is -0.339 e. The molecule has 0 bridgehead atoms. The van der Waals surface area contributed by atoms with Gasteiger partial charge in [0, 0.05) is 25.1 Å². The van der Waals surface area contributed by atoms with Crippen molar-refractivity contribution in [1.29, 1.82) is 0 Å². The first-order chi connectivity index (χ1) is 11.3. The molecule has 0 fully saturated rings. The van der Waals surface area contributed by atoms with Gasteiger partial charge in [0.2, 0.25) is 21.8 Å². The zero-order valence-corrected chi connectivity index (χ0v) is 14.3. The van der Waals surface area contributed by atoms with E-state index < -0.39 is 10.0 Å². The molecule has 1 aromatic heterocycles. The maximum absolute atomic E-state index is 12.0. The maximum Gasteiger partial charge on any atom is 0.232 e. The van der Waals surface area contributed by atoms with E-state index in [2.05, 4.69) is 15.5 Å². The van der Waals surface area contributed by atoms with Crippen molar-refractivity contribution >= 4 is 27.3 Å². The second-order valence-corrected chi connectivity index (χ2v) is 7.62. The van der Waals surface area contributed by atoms with E-state index in [-0.39, 0.29) is 12.3 Å². The van der Waals surface area contributed by atoms with Gasteiger partial charge in [0.25, 0.3) is 0 Å². The first-order valence-electron chi connectivity index (χ1n) is 7.52. The third-order valence-electron chi connectivity index (χ3n) is 3.76. The van der Waals surface area contributed by atoms with Gasteiger partial charge in [0.05, 0.1) is 11.9 Å². The number of hydrogen-bond acceptors (Lipinski definition) is 6. The fourth-order valence-corrected chi connectivity index (χ4v) is 3.61. The van der Waals surface area contributed by atoms with Gasteiger partial charge in [-0.15, -0.1) is 0 Å². The van der Waals surface area contributed by atoms with Crippen LogP contribution in [0.2, 0.25) is 0 Å². The van der Waals surface area contributed by atoms with Crippen LogP contribution in [-0.2, 0) is 27.7 Å². The molecule has 1 aromatic carbocycles.